The summed E-state index contributed by atoms with van der Waals surface area (Å²) >= 11 is 0. The van der Waals surface area contributed by atoms with Gasteiger partial charge in [0.25, 0.3) is 5.91 Å². The third-order valence-electron chi connectivity index (χ3n) is 4.24. The van der Waals surface area contributed by atoms with Crippen LogP contribution in [0.25, 0.3) is 11.1 Å². The molecule has 2 aromatic carbocycles. The maximum absolute atomic E-state index is 13.1. The van der Waals surface area contributed by atoms with E-state index in [9.17, 15) is 4.79 Å². The number of amides is 1. The number of carbonyl (C=O) groups is 1. The van der Waals surface area contributed by atoms with Crippen LogP contribution in [0.1, 0.15) is 24.2 Å². The van der Waals surface area contributed by atoms with Crippen LogP contribution in [0.2, 0.25) is 0 Å². The first-order valence-electron chi connectivity index (χ1n) is 8.12. The SMILES string of the molecule is CNCC(C(C)C)N(C)C(=O)c1ccccc1-c1ccccc1. The lowest BCUT2D eigenvalue weighted by Crippen LogP contribution is -2.46. The van der Waals surface area contributed by atoms with Gasteiger partial charge in [0.15, 0.2) is 0 Å². The van der Waals surface area contributed by atoms with Gasteiger partial charge in [-0.2, -0.15) is 0 Å². The second-order valence-corrected chi connectivity index (χ2v) is 6.20. The molecule has 0 aliphatic heterocycles. The molecule has 3 nitrogen and oxygen atoms in total. The molecular weight excluding hydrogens is 284 g/mol. The minimum atomic E-state index is 0.0680. The summed E-state index contributed by atoms with van der Waals surface area (Å²) in [5.74, 6) is 0.457. The van der Waals surface area contributed by atoms with Gasteiger partial charge in [-0.05, 0) is 30.2 Å². The van der Waals surface area contributed by atoms with Gasteiger partial charge in [0.2, 0.25) is 0 Å². The van der Waals surface area contributed by atoms with Crippen molar-refractivity contribution < 1.29 is 4.79 Å². The van der Waals surface area contributed by atoms with Crippen molar-refractivity contribution in [2.24, 2.45) is 5.92 Å². The number of benzene rings is 2. The summed E-state index contributed by atoms with van der Waals surface area (Å²) in [6.45, 7) is 5.08. The maximum Gasteiger partial charge on any atom is 0.254 e. The minimum absolute atomic E-state index is 0.0680. The Morgan fingerprint density at radius 2 is 1.65 bits per heavy atom. The van der Waals surface area contributed by atoms with E-state index in [0.29, 0.717) is 5.92 Å². The summed E-state index contributed by atoms with van der Waals surface area (Å²) < 4.78 is 0. The summed E-state index contributed by atoms with van der Waals surface area (Å²) in [5.41, 5.74) is 2.81. The summed E-state index contributed by atoms with van der Waals surface area (Å²) in [7, 11) is 3.82. The Morgan fingerprint density at radius 3 is 2.26 bits per heavy atom. The van der Waals surface area contributed by atoms with Gasteiger partial charge in [0, 0.05) is 25.2 Å². The van der Waals surface area contributed by atoms with Gasteiger partial charge in [-0.3, -0.25) is 4.79 Å². The molecule has 1 atom stereocenters. The number of likely N-dealkylation sites (N-methyl/N-ethyl adjacent to an activating group) is 2. The molecule has 0 aliphatic rings. The zero-order chi connectivity index (χ0) is 16.8. The van der Waals surface area contributed by atoms with Crippen LogP contribution in [0.15, 0.2) is 54.6 Å². The smallest absolute Gasteiger partial charge is 0.254 e. The maximum atomic E-state index is 13.1. The molecule has 0 fully saturated rings. The van der Waals surface area contributed by atoms with Crippen molar-refractivity contribution in [1.29, 1.82) is 0 Å². The van der Waals surface area contributed by atoms with E-state index in [2.05, 4.69) is 19.2 Å². The molecule has 2 rings (SSSR count). The van der Waals surface area contributed by atoms with Crippen molar-refractivity contribution in [2.45, 2.75) is 19.9 Å². The lowest BCUT2D eigenvalue weighted by atomic mass is 9.97. The molecule has 1 N–H and O–H groups in total. The van der Waals surface area contributed by atoms with E-state index >= 15 is 0 Å². The lowest BCUT2D eigenvalue weighted by molar-refractivity contribution is 0.0690. The Hall–Kier alpha value is -2.13. The Kier molecular flexibility index (Phi) is 5.94. The summed E-state index contributed by atoms with van der Waals surface area (Å²) in [5, 5.41) is 3.19. The fourth-order valence-electron chi connectivity index (χ4n) is 2.91. The zero-order valence-corrected chi connectivity index (χ0v) is 14.4. The predicted octanol–water partition coefficient (Wildman–Crippen LogP) is 3.67. The predicted molar refractivity (Wildman–Crippen MR) is 96.5 cm³/mol. The van der Waals surface area contributed by atoms with Crippen LogP contribution in [0.3, 0.4) is 0 Å². The Morgan fingerprint density at radius 1 is 1.04 bits per heavy atom. The normalized spacial score (nSPS) is 12.2. The van der Waals surface area contributed by atoms with Crippen LogP contribution in [0, 0.1) is 5.92 Å². The minimum Gasteiger partial charge on any atom is -0.337 e. The Balaban J connectivity index is 2.36. The average Bonchev–Trinajstić information content (AvgIpc) is 2.59. The van der Waals surface area contributed by atoms with E-state index in [4.69, 9.17) is 0 Å². The molecule has 0 aliphatic carbocycles. The fourth-order valence-corrected chi connectivity index (χ4v) is 2.91. The molecule has 2 aromatic rings. The second kappa shape index (κ2) is 7.93. The molecular formula is C20H26N2O. The van der Waals surface area contributed by atoms with Crippen LogP contribution in [-0.2, 0) is 0 Å². The van der Waals surface area contributed by atoms with Crippen LogP contribution in [0.4, 0.5) is 0 Å². The number of nitrogens with zero attached hydrogens (tertiary/aromatic N) is 1. The van der Waals surface area contributed by atoms with E-state index in [1.807, 2.05) is 73.6 Å². The molecule has 122 valence electrons. The van der Waals surface area contributed by atoms with E-state index in [-0.39, 0.29) is 11.9 Å². The van der Waals surface area contributed by atoms with Gasteiger partial charge < -0.3 is 10.2 Å². The first-order chi connectivity index (χ1) is 11.1. The van der Waals surface area contributed by atoms with Gasteiger partial charge in [-0.25, -0.2) is 0 Å². The number of nitrogens with one attached hydrogen (secondary N) is 1. The van der Waals surface area contributed by atoms with Gasteiger partial charge in [0.1, 0.15) is 0 Å². The highest BCUT2D eigenvalue weighted by atomic mass is 16.2. The van der Waals surface area contributed by atoms with E-state index < -0.39 is 0 Å². The van der Waals surface area contributed by atoms with Crippen molar-refractivity contribution in [2.75, 3.05) is 20.6 Å². The van der Waals surface area contributed by atoms with Gasteiger partial charge in [-0.1, -0.05) is 62.4 Å². The van der Waals surface area contributed by atoms with E-state index in [0.717, 1.165) is 23.2 Å². The molecule has 0 saturated carbocycles. The van der Waals surface area contributed by atoms with E-state index in [1.165, 1.54) is 0 Å². The summed E-state index contributed by atoms with van der Waals surface area (Å²) in [6.07, 6.45) is 0. The zero-order valence-electron chi connectivity index (χ0n) is 14.4. The lowest BCUT2D eigenvalue weighted by Gasteiger charge is -2.31. The number of hydrogen-bond donors (Lipinski definition) is 1. The molecule has 3 heteroatoms. The standard InChI is InChI=1S/C20H26N2O/c1-15(2)19(14-21-3)22(4)20(23)18-13-9-8-12-17(18)16-10-6-5-7-11-16/h5-13,15,19,21H,14H2,1-4H3. The fraction of sp³-hybridized carbons (Fsp3) is 0.350. The molecule has 0 bridgehead atoms. The number of rotatable bonds is 6. The molecule has 1 unspecified atom stereocenters. The van der Waals surface area contributed by atoms with Crippen LogP contribution >= 0.6 is 0 Å². The largest absolute Gasteiger partial charge is 0.337 e. The van der Waals surface area contributed by atoms with Crippen molar-refractivity contribution in [3.63, 3.8) is 0 Å². The summed E-state index contributed by atoms with van der Waals surface area (Å²) in [4.78, 5) is 14.9. The monoisotopic (exact) mass is 310 g/mol. The molecule has 0 saturated heterocycles. The molecule has 0 spiro atoms. The summed E-state index contributed by atoms with van der Waals surface area (Å²) in [6, 6.07) is 18.1. The topological polar surface area (TPSA) is 32.3 Å². The first-order valence-corrected chi connectivity index (χ1v) is 8.12. The van der Waals surface area contributed by atoms with E-state index in [1.54, 1.807) is 0 Å². The van der Waals surface area contributed by atoms with Crippen LogP contribution in [0.5, 0.6) is 0 Å². The van der Waals surface area contributed by atoms with Crippen molar-refractivity contribution >= 4 is 5.91 Å². The first kappa shape index (κ1) is 17.2. The van der Waals surface area contributed by atoms with Crippen LogP contribution < -0.4 is 5.32 Å². The highest BCUT2D eigenvalue weighted by Crippen LogP contribution is 2.25. The van der Waals surface area contributed by atoms with Gasteiger partial charge in [-0.15, -0.1) is 0 Å². The van der Waals surface area contributed by atoms with Crippen molar-refractivity contribution in [3.05, 3.63) is 60.2 Å². The second-order valence-electron chi connectivity index (χ2n) is 6.20. The Labute approximate surface area is 139 Å². The number of carbonyl (C=O) groups excluding carboxylic acids is 1. The quantitative estimate of drug-likeness (QED) is 0.883. The van der Waals surface area contributed by atoms with Crippen molar-refractivity contribution in [1.82, 2.24) is 10.2 Å². The third kappa shape index (κ3) is 3.99. The Bertz CT molecular complexity index is 637. The van der Waals surface area contributed by atoms with Gasteiger partial charge >= 0.3 is 0 Å². The van der Waals surface area contributed by atoms with Crippen molar-refractivity contribution in [3.8, 4) is 11.1 Å². The molecule has 0 heterocycles. The number of hydrogen-bond acceptors (Lipinski definition) is 2. The highest BCUT2D eigenvalue weighted by molar-refractivity contribution is 6.00. The van der Waals surface area contributed by atoms with Gasteiger partial charge in [0.05, 0.1) is 0 Å². The van der Waals surface area contributed by atoms with Crippen LogP contribution in [-0.4, -0.2) is 37.5 Å². The average molecular weight is 310 g/mol. The third-order valence-corrected chi connectivity index (χ3v) is 4.24. The molecule has 23 heavy (non-hydrogen) atoms. The molecule has 1 amide bonds. The highest BCUT2D eigenvalue weighted by Gasteiger charge is 2.24. The molecule has 0 aromatic heterocycles. The molecule has 0 radical (unpaired) electrons.